The molecule has 0 saturated carbocycles. The third kappa shape index (κ3) is 4.00. The SMILES string of the molecule is CCCCSc1ccccc1C(=O)N1CCCCC1. The number of piperidine rings is 1. The number of amides is 1. The Morgan fingerprint density at radius 3 is 2.68 bits per heavy atom. The minimum atomic E-state index is 0.222. The smallest absolute Gasteiger partial charge is 0.254 e. The van der Waals surface area contributed by atoms with Gasteiger partial charge in [-0.3, -0.25) is 4.79 Å². The summed E-state index contributed by atoms with van der Waals surface area (Å²) in [5.74, 6) is 1.32. The molecule has 0 spiro atoms. The van der Waals surface area contributed by atoms with Gasteiger partial charge in [-0.25, -0.2) is 0 Å². The van der Waals surface area contributed by atoms with Crippen LogP contribution in [0.4, 0.5) is 0 Å². The third-order valence-electron chi connectivity index (χ3n) is 3.52. The summed E-state index contributed by atoms with van der Waals surface area (Å²) < 4.78 is 0. The first kappa shape index (κ1) is 14.4. The summed E-state index contributed by atoms with van der Waals surface area (Å²) in [5.41, 5.74) is 0.894. The van der Waals surface area contributed by atoms with E-state index < -0.39 is 0 Å². The second-order valence-electron chi connectivity index (χ2n) is 5.05. The number of carbonyl (C=O) groups excluding carboxylic acids is 1. The molecule has 0 N–H and O–H groups in total. The average Bonchev–Trinajstić information content (AvgIpc) is 2.48. The van der Waals surface area contributed by atoms with E-state index in [2.05, 4.69) is 13.0 Å². The van der Waals surface area contributed by atoms with Crippen molar-refractivity contribution >= 4 is 17.7 Å². The molecular weight excluding hydrogens is 254 g/mol. The number of likely N-dealkylation sites (tertiary alicyclic amines) is 1. The lowest BCUT2D eigenvalue weighted by Crippen LogP contribution is -2.35. The number of benzene rings is 1. The number of hydrogen-bond acceptors (Lipinski definition) is 2. The number of nitrogens with zero attached hydrogens (tertiary/aromatic N) is 1. The van der Waals surface area contributed by atoms with Crippen LogP contribution in [0.25, 0.3) is 0 Å². The van der Waals surface area contributed by atoms with Crippen LogP contribution in [0.3, 0.4) is 0 Å². The van der Waals surface area contributed by atoms with Gasteiger partial charge < -0.3 is 4.90 Å². The van der Waals surface area contributed by atoms with E-state index in [1.807, 2.05) is 34.9 Å². The van der Waals surface area contributed by atoms with Gasteiger partial charge in [0.05, 0.1) is 5.56 Å². The number of rotatable bonds is 5. The van der Waals surface area contributed by atoms with E-state index in [4.69, 9.17) is 0 Å². The molecule has 1 saturated heterocycles. The largest absolute Gasteiger partial charge is 0.339 e. The van der Waals surface area contributed by atoms with Gasteiger partial charge in [-0.15, -0.1) is 11.8 Å². The van der Waals surface area contributed by atoms with E-state index in [0.29, 0.717) is 0 Å². The minimum Gasteiger partial charge on any atom is -0.339 e. The Bertz CT molecular complexity index is 413. The van der Waals surface area contributed by atoms with E-state index in [0.717, 1.165) is 42.1 Å². The molecule has 1 aromatic rings. The normalized spacial score (nSPS) is 15.5. The van der Waals surface area contributed by atoms with Crippen molar-refractivity contribution in [3.05, 3.63) is 29.8 Å². The van der Waals surface area contributed by atoms with Gasteiger partial charge in [0.1, 0.15) is 0 Å². The van der Waals surface area contributed by atoms with Gasteiger partial charge in [-0.1, -0.05) is 25.5 Å². The predicted octanol–water partition coefficient (Wildman–Crippen LogP) is 4.20. The molecule has 0 aliphatic carbocycles. The van der Waals surface area contributed by atoms with Crippen molar-refractivity contribution in [2.24, 2.45) is 0 Å². The number of hydrogen-bond donors (Lipinski definition) is 0. The molecule has 1 aliphatic rings. The van der Waals surface area contributed by atoms with Gasteiger partial charge in [0.15, 0.2) is 0 Å². The van der Waals surface area contributed by atoms with Gasteiger partial charge in [0, 0.05) is 18.0 Å². The van der Waals surface area contributed by atoms with E-state index in [1.54, 1.807) is 0 Å². The lowest BCUT2D eigenvalue weighted by Gasteiger charge is -2.27. The monoisotopic (exact) mass is 277 g/mol. The van der Waals surface area contributed by atoms with Crippen LogP contribution in [-0.4, -0.2) is 29.6 Å². The van der Waals surface area contributed by atoms with Crippen LogP contribution in [0.1, 0.15) is 49.4 Å². The highest BCUT2D eigenvalue weighted by atomic mass is 32.2. The highest BCUT2D eigenvalue weighted by molar-refractivity contribution is 7.99. The quantitative estimate of drug-likeness (QED) is 0.593. The Kier molecular flexibility index (Phi) is 5.77. The molecule has 1 aliphatic heterocycles. The molecule has 2 nitrogen and oxygen atoms in total. The molecule has 0 atom stereocenters. The Hall–Kier alpha value is -0.960. The van der Waals surface area contributed by atoms with Crippen LogP contribution in [0.5, 0.6) is 0 Å². The minimum absolute atomic E-state index is 0.222. The highest BCUT2D eigenvalue weighted by Crippen LogP contribution is 2.25. The van der Waals surface area contributed by atoms with Crippen LogP contribution in [0, 0.1) is 0 Å². The van der Waals surface area contributed by atoms with Crippen molar-refractivity contribution in [1.82, 2.24) is 4.90 Å². The highest BCUT2D eigenvalue weighted by Gasteiger charge is 2.20. The Balaban J connectivity index is 2.07. The summed E-state index contributed by atoms with van der Waals surface area (Å²) >= 11 is 1.82. The lowest BCUT2D eigenvalue weighted by atomic mass is 10.1. The van der Waals surface area contributed by atoms with Gasteiger partial charge in [0.25, 0.3) is 5.91 Å². The fraction of sp³-hybridized carbons (Fsp3) is 0.562. The molecule has 1 fully saturated rings. The molecule has 0 aromatic heterocycles. The first-order valence-electron chi connectivity index (χ1n) is 7.34. The first-order chi connectivity index (χ1) is 9.33. The number of thioether (sulfide) groups is 1. The summed E-state index contributed by atoms with van der Waals surface area (Å²) in [4.78, 5) is 15.7. The van der Waals surface area contributed by atoms with Gasteiger partial charge in [-0.2, -0.15) is 0 Å². The maximum Gasteiger partial charge on any atom is 0.254 e. The van der Waals surface area contributed by atoms with E-state index in [-0.39, 0.29) is 5.91 Å². The molecule has 2 rings (SSSR count). The molecule has 0 radical (unpaired) electrons. The molecule has 0 bridgehead atoms. The summed E-state index contributed by atoms with van der Waals surface area (Å²) in [5, 5.41) is 0. The van der Waals surface area contributed by atoms with Gasteiger partial charge in [-0.05, 0) is 43.6 Å². The van der Waals surface area contributed by atoms with E-state index >= 15 is 0 Å². The number of carbonyl (C=O) groups is 1. The van der Waals surface area contributed by atoms with Crippen LogP contribution in [0.2, 0.25) is 0 Å². The van der Waals surface area contributed by atoms with Gasteiger partial charge in [0.2, 0.25) is 0 Å². The summed E-state index contributed by atoms with van der Waals surface area (Å²) in [6.45, 7) is 4.05. The van der Waals surface area contributed by atoms with Crippen LogP contribution in [-0.2, 0) is 0 Å². The second-order valence-corrected chi connectivity index (χ2v) is 6.19. The fourth-order valence-corrected chi connectivity index (χ4v) is 3.50. The topological polar surface area (TPSA) is 20.3 Å². The van der Waals surface area contributed by atoms with Crippen molar-refractivity contribution in [3.63, 3.8) is 0 Å². The van der Waals surface area contributed by atoms with E-state index in [9.17, 15) is 4.79 Å². The maximum absolute atomic E-state index is 12.6. The maximum atomic E-state index is 12.6. The fourth-order valence-electron chi connectivity index (χ4n) is 2.36. The second kappa shape index (κ2) is 7.59. The first-order valence-corrected chi connectivity index (χ1v) is 8.32. The van der Waals surface area contributed by atoms with Crippen molar-refractivity contribution in [2.75, 3.05) is 18.8 Å². The zero-order chi connectivity index (χ0) is 13.5. The summed E-state index contributed by atoms with van der Waals surface area (Å²) in [6.07, 6.45) is 5.97. The molecule has 1 aromatic carbocycles. The molecule has 1 amide bonds. The zero-order valence-corrected chi connectivity index (χ0v) is 12.5. The molecule has 3 heteroatoms. The van der Waals surface area contributed by atoms with Crippen molar-refractivity contribution in [1.29, 1.82) is 0 Å². The van der Waals surface area contributed by atoms with Crippen molar-refractivity contribution in [3.8, 4) is 0 Å². The predicted molar refractivity (Wildman–Crippen MR) is 81.8 cm³/mol. The van der Waals surface area contributed by atoms with E-state index in [1.165, 1.54) is 19.3 Å². The summed E-state index contributed by atoms with van der Waals surface area (Å²) in [7, 11) is 0. The molecular formula is C16H23NOS. The third-order valence-corrected chi connectivity index (χ3v) is 4.68. The number of unbranched alkanes of at least 4 members (excludes halogenated alkanes) is 1. The van der Waals surface area contributed by atoms with Crippen molar-refractivity contribution in [2.45, 2.75) is 43.9 Å². The van der Waals surface area contributed by atoms with Crippen LogP contribution >= 0.6 is 11.8 Å². The molecule has 0 unspecified atom stereocenters. The average molecular weight is 277 g/mol. The molecule has 19 heavy (non-hydrogen) atoms. The zero-order valence-electron chi connectivity index (χ0n) is 11.7. The molecule has 1 heterocycles. The Morgan fingerprint density at radius 2 is 1.95 bits per heavy atom. The molecule has 104 valence electrons. The Morgan fingerprint density at radius 1 is 1.21 bits per heavy atom. The van der Waals surface area contributed by atoms with Crippen LogP contribution < -0.4 is 0 Å². The Labute approximate surface area is 120 Å². The standard InChI is InChI=1S/C16H23NOS/c1-2-3-13-19-15-10-6-5-9-14(15)16(18)17-11-7-4-8-12-17/h5-6,9-10H,2-4,7-8,11-13H2,1H3. The lowest BCUT2D eigenvalue weighted by molar-refractivity contribution is 0.0721. The summed E-state index contributed by atoms with van der Waals surface area (Å²) in [6, 6.07) is 8.06. The van der Waals surface area contributed by atoms with Crippen LogP contribution in [0.15, 0.2) is 29.2 Å². The van der Waals surface area contributed by atoms with Gasteiger partial charge >= 0.3 is 0 Å². The van der Waals surface area contributed by atoms with Crippen molar-refractivity contribution < 1.29 is 4.79 Å².